The van der Waals surface area contributed by atoms with E-state index in [4.69, 9.17) is 27.9 Å². The molecule has 1 unspecified atom stereocenters. The van der Waals surface area contributed by atoms with Crippen LogP contribution >= 0.6 is 23.2 Å². The molecule has 0 aliphatic rings. The lowest BCUT2D eigenvalue weighted by molar-refractivity contribution is -0.122. The molecule has 126 valence electrons. The molecular formula is C17H15Cl2NO4. The van der Waals surface area contributed by atoms with Crippen LogP contribution in [0.1, 0.15) is 17.3 Å². The van der Waals surface area contributed by atoms with Crippen LogP contribution in [-0.4, -0.2) is 25.1 Å². The second kappa shape index (κ2) is 8.04. The van der Waals surface area contributed by atoms with Gasteiger partial charge in [-0.05, 0) is 37.3 Å². The van der Waals surface area contributed by atoms with E-state index in [1.807, 2.05) is 0 Å². The minimum absolute atomic E-state index is 0.164. The van der Waals surface area contributed by atoms with Gasteiger partial charge < -0.3 is 14.8 Å². The highest BCUT2D eigenvalue weighted by Crippen LogP contribution is 2.25. The lowest BCUT2D eigenvalue weighted by Gasteiger charge is -2.16. The number of hydrogen-bond donors (Lipinski definition) is 1. The molecule has 0 radical (unpaired) electrons. The minimum Gasteiger partial charge on any atom is -0.479 e. The lowest BCUT2D eigenvalue weighted by atomic mass is 10.2. The van der Waals surface area contributed by atoms with Crippen molar-refractivity contribution >= 4 is 40.8 Å². The standard InChI is InChI=1S/C17H15Cl2NO4/c1-10(24-15-6-4-3-5-14(15)19)16(21)20-11-7-8-13(18)12(9-11)17(22)23-2/h3-10H,1-2H3,(H,20,21). The second-order valence-corrected chi connectivity index (χ2v) is 5.68. The molecule has 2 aromatic rings. The van der Waals surface area contributed by atoms with Crippen molar-refractivity contribution in [2.24, 2.45) is 0 Å². The van der Waals surface area contributed by atoms with E-state index in [1.54, 1.807) is 37.3 Å². The number of esters is 1. The van der Waals surface area contributed by atoms with Crippen LogP contribution in [0.25, 0.3) is 0 Å². The Hall–Kier alpha value is -2.24. The molecule has 0 aliphatic heterocycles. The summed E-state index contributed by atoms with van der Waals surface area (Å²) in [4.78, 5) is 23.9. The van der Waals surface area contributed by atoms with Gasteiger partial charge in [0.2, 0.25) is 0 Å². The zero-order valence-corrected chi connectivity index (χ0v) is 14.5. The first-order valence-electron chi connectivity index (χ1n) is 7.02. The number of para-hydroxylation sites is 1. The minimum atomic E-state index is -0.790. The van der Waals surface area contributed by atoms with Crippen LogP contribution < -0.4 is 10.1 Å². The van der Waals surface area contributed by atoms with E-state index in [-0.39, 0.29) is 10.6 Å². The maximum absolute atomic E-state index is 12.2. The smallest absolute Gasteiger partial charge is 0.339 e. The van der Waals surface area contributed by atoms with Gasteiger partial charge in [0.25, 0.3) is 5.91 Å². The molecule has 2 aromatic carbocycles. The molecule has 0 saturated carbocycles. The van der Waals surface area contributed by atoms with Gasteiger partial charge in [-0.2, -0.15) is 0 Å². The van der Waals surface area contributed by atoms with Crippen molar-refractivity contribution in [3.05, 3.63) is 58.1 Å². The summed E-state index contributed by atoms with van der Waals surface area (Å²) in [6.07, 6.45) is -0.790. The van der Waals surface area contributed by atoms with Crippen LogP contribution in [0, 0.1) is 0 Å². The molecule has 0 aromatic heterocycles. The van der Waals surface area contributed by atoms with Crippen molar-refractivity contribution in [1.82, 2.24) is 0 Å². The van der Waals surface area contributed by atoms with Gasteiger partial charge in [-0.3, -0.25) is 4.79 Å². The van der Waals surface area contributed by atoms with Gasteiger partial charge in [0, 0.05) is 5.69 Å². The zero-order valence-electron chi connectivity index (χ0n) is 13.0. The summed E-state index contributed by atoms with van der Waals surface area (Å²) in [5, 5.41) is 3.30. The van der Waals surface area contributed by atoms with Crippen LogP contribution in [0.2, 0.25) is 10.0 Å². The van der Waals surface area contributed by atoms with Crippen LogP contribution in [0.15, 0.2) is 42.5 Å². The van der Waals surface area contributed by atoms with Crippen LogP contribution in [0.5, 0.6) is 5.75 Å². The Kier molecular flexibility index (Phi) is 6.06. The van der Waals surface area contributed by atoms with Crippen molar-refractivity contribution in [1.29, 1.82) is 0 Å². The Morgan fingerprint density at radius 1 is 1.08 bits per heavy atom. The Balaban J connectivity index is 2.09. The third-order valence-corrected chi connectivity index (χ3v) is 3.79. The highest BCUT2D eigenvalue weighted by Gasteiger charge is 2.18. The summed E-state index contributed by atoms with van der Waals surface area (Å²) >= 11 is 11.9. The van der Waals surface area contributed by atoms with Crippen LogP contribution in [0.4, 0.5) is 5.69 Å². The van der Waals surface area contributed by atoms with E-state index in [2.05, 4.69) is 10.1 Å². The predicted octanol–water partition coefficient (Wildman–Crippen LogP) is 4.19. The van der Waals surface area contributed by atoms with Crippen LogP contribution in [-0.2, 0) is 9.53 Å². The second-order valence-electron chi connectivity index (χ2n) is 4.87. The number of carbonyl (C=O) groups excluding carboxylic acids is 2. The van der Waals surface area contributed by atoms with Crippen LogP contribution in [0.3, 0.4) is 0 Å². The number of carbonyl (C=O) groups is 2. The van der Waals surface area contributed by atoms with Gasteiger partial charge in [-0.15, -0.1) is 0 Å². The number of hydrogen-bond acceptors (Lipinski definition) is 4. The first-order valence-corrected chi connectivity index (χ1v) is 7.78. The van der Waals surface area contributed by atoms with Gasteiger partial charge in [-0.1, -0.05) is 35.3 Å². The molecule has 0 saturated heterocycles. The average molecular weight is 368 g/mol. The summed E-state index contributed by atoms with van der Waals surface area (Å²) in [7, 11) is 1.25. The molecule has 0 spiro atoms. The van der Waals surface area contributed by atoms with Gasteiger partial charge in [0.15, 0.2) is 6.10 Å². The van der Waals surface area contributed by atoms with Gasteiger partial charge in [-0.25, -0.2) is 4.79 Å². The molecule has 24 heavy (non-hydrogen) atoms. The maximum atomic E-state index is 12.2. The van der Waals surface area contributed by atoms with Crippen molar-refractivity contribution < 1.29 is 19.1 Å². The summed E-state index contributed by atoms with van der Waals surface area (Å²) in [6, 6.07) is 11.4. The SMILES string of the molecule is COC(=O)c1cc(NC(=O)C(C)Oc2ccccc2Cl)ccc1Cl. The Labute approximate surface area is 149 Å². The van der Waals surface area contributed by atoms with Gasteiger partial charge >= 0.3 is 5.97 Å². The highest BCUT2D eigenvalue weighted by molar-refractivity contribution is 6.33. The Morgan fingerprint density at radius 2 is 1.79 bits per heavy atom. The number of nitrogens with one attached hydrogen (secondary N) is 1. The highest BCUT2D eigenvalue weighted by atomic mass is 35.5. The fourth-order valence-electron chi connectivity index (χ4n) is 1.90. The fraction of sp³-hybridized carbons (Fsp3) is 0.176. The molecule has 0 aliphatic carbocycles. The molecule has 7 heteroatoms. The van der Waals surface area contributed by atoms with Gasteiger partial charge in [0.05, 0.1) is 22.7 Å². The number of methoxy groups -OCH3 is 1. The Bertz CT molecular complexity index is 764. The third-order valence-electron chi connectivity index (χ3n) is 3.15. The normalized spacial score (nSPS) is 11.5. The summed E-state index contributed by atoms with van der Waals surface area (Å²) < 4.78 is 10.2. The predicted molar refractivity (Wildman–Crippen MR) is 93.0 cm³/mol. The number of benzene rings is 2. The van der Waals surface area contributed by atoms with E-state index in [9.17, 15) is 9.59 Å². The maximum Gasteiger partial charge on any atom is 0.339 e. The van der Waals surface area contributed by atoms with E-state index < -0.39 is 18.0 Å². The number of anilines is 1. The van der Waals surface area contributed by atoms with E-state index in [0.717, 1.165) is 0 Å². The molecule has 2 rings (SSSR count). The summed E-state index contributed by atoms with van der Waals surface area (Å²) in [5.74, 6) is -0.572. The Morgan fingerprint density at radius 3 is 2.46 bits per heavy atom. The number of halogens is 2. The topological polar surface area (TPSA) is 64.6 Å². The third kappa shape index (κ3) is 4.40. The molecular weight excluding hydrogens is 353 g/mol. The number of amides is 1. The monoisotopic (exact) mass is 367 g/mol. The quantitative estimate of drug-likeness (QED) is 0.804. The number of ether oxygens (including phenoxy) is 2. The van der Waals surface area contributed by atoms with Crippen molar-refractivity contribution in [2.45, 2.75) is 13.0 Å². The molecule has 0 fully saturated rings. The lowest BCUT2D eigenvalue weighted by Crippen LogP contribution is -2.30. The molecule has 0 heterocycles. The van der Waals surface area contributed by atoms with Gasteiger partial charge in [0.1, 0.15) is 5.75 Å². The van der Waals surface area contributed by atoms with Crippen molar-refractivity contribution in [3.63, 3.8) is 0 Å². The summed E-state index contributed by atoms with van der Waals surface area (Å²) in [5.41, 5.74) is 0.566. The zero-order chi connectivity index (χ0) is 17.7. The first kappa shape index (κ1) is 18.1. The molecule has 5 nitrogen and oxygen atoms in total. The molecule has 0 bridgehead atoms. The van der Waals surface area contributed by atoms with Crippen molar-refractivity contribution in [2.75, 3.05) is 12.4 Å². The molecule has 1 N–H and O–H groups in total. The largest absolute Gasteiger partial charge is 0.479 e. The summed E-state index contributed by atoms with van der Waals surface area (Å²) in [6.45, 7) is 1.59. The number of rotatable bonds is 5. The first-order chi connectivity index (χ1) is 11.4. The fourth-order valence-corrected chi connectivity index (χ4v) is 2.27. The molecule has 1 amide bonds. The van der Waals surface area contributed by atoms with E-state index in [0.29, 0.717) is 16.5 Å². The van der Waals surface area contributed by atoms with E-state index >= 15 is 0 Å². The van der Waals surface area contributed by atoms with E-state index in [1.165, 1.54) is 19.2 Å². The average Bonchev–Trinajstić information content (AvgIpc) is 2.57. The molecule has 1 atom stereocenters. The van der Waals surface area contributed by atoms with Crippen molar-refractivity contribution in [3.8, 4) is 5.75 Å².